The predicted octanol–water partition coefficient (Wildman–Crippen LogP) is 3.87. The highest BCUT2D eigenvalue weighted by Gasteiger charge is 2.40. The Kier molecular flexibility index (Phi) is 5.29. The SMILES string of the molecule is O=C1O[C@@H](CCCCCCc2cccc3ccccc23)[C@@H]1CO. The maximum atomic E-state index is 11.1. The molecule has 1 heterocycles. The molecule has 23 heavy (non-hydrogen) atoms. The maximum Gasteiger partial charge on any atom is 0.315 e. The second-order valence-electron chi connectivity index (χ2n) is 6.36. The van der Waals surface area contributed by atoms with Crippen molar-refractivity contribution in [1.29, 1.82) is 0 Å². The lowest BCUT2D eigenvalue weighted by molar-refractivity contribution is -0.189. The minimum absolute atomic E-state index is 0.0504. The Labute approximate surface area is 137 Å². The van der Waals surface area contributed by atoms with Gasteiger partial charge < -0.3 is 9.84 Å². The van der Waals surface area contributed by atoms with E-state index in [9.17, 15) is 4.79 Å². The van der Waals surface area contributed by atoms with Crippen molar-refractivity contribution in [1.82, 2.24) is 0 Å². The first-order valence-corrected chi connectivity index (χ1v) is 8.57. The van der Waals surface area contributed by atoms with Crippen LogP contribution in [0.4, 0.5) is 0 Å². The molecule has 0 spiro atoms. The van der Waals surface area contributed by atoms with Gasteiger partial charge in [0, 0.05) is 0 Å². The van der Waals surface area contributed by atoms with Crippen LogP contribution in [-0.2, 0) is 16.0 Å². The molecule has 2 aromatic rings. The first-order chi connectivity index (χ1) is 11.3. The summed E-state index contributed by atoms with van der Waals surface area (Å²) in [7, 11) is 0. The van der Waals surface area contributed by atoms with Gasteiger partial charge in [0.25, 0.3) is 0 Å². The number of cyclic esters (lactones) is 1. The number of rotatable bonds is 8. The highest BCUT2D eigenvalue weighted by molar-refractivity contribution is 5.85. The van der Waals surface area contributed by atoms with E-state index in [-0.39, 0.29) is 24.6 Å². The fourth-order valence-corrected chi connectivity index (χ4v) is 3.38. The standard InChI is InChI=1S/C20H24O3/c21-14-18-19(23-20(18)22)13-4-2-1-3-8-15-10-7-11-16-9-5-6-12-17(15)16/h5-7,9-12,18-19,21H,1-4,8,13-14H2/t18-,19-/m0/s1. The van der Waals surface area contributed by atoms with E-state index in [1.165, 1.54) is 29.2 Å². The number of aliphatic hydroxyl groups excluding tert-OH is 1. The van der Waals surface area contributed by atoms with E-state index < -0.39 is 0 Å². The Bertz CT molecular complexity index is 659. The average Bonchev–Trinajstić information content (AvgIpc) is 2.57. The molecule has 0 aromatic heterocycles. The smallest absolute Gasteiger partial charge is 0.315 e. The molecule has 0 bridgehead atoms. The molecule has 0 unspecified atom stereocenters. The van der Waals surface area contributed by atoms with Crippen molar-refractivity contribution in [3.63, 3.8) is 0 Å². The summed E-state index contributed by atoms with van der Waals surface area (Å²) in [5, 5.41) is 11.8. The number of hydrogen-bond acceptors (Lipinski definition) is 3. The van der Waals surface area contributed by atoms with E-state index in [1.54, 1.807) is 0 Å². The third kappa shape index (κ3) is 3.73. The quantitative estimate of drug-likeness (QED) is 0.594. The van der Waals surface area contributed by atoms with Crippen LogP contribution in [0.1, 0.15) is 37.7 Å². The zero-order chi connectivity index (χ0) is 16.1. The normalized spacial score (nSPS) is 20.3. The first-order valence-electron chi connectivity index (χ1n) is 8.57. The number of aliphatic hydroxyl groups is 1. The molecule has 2 aromatic carbocycles. The third-order valence-corrected chi connectivity index (χ3v) is 4.78. The van der Waals surface area contributed by atoms with E-state index in [0.29, 0.717) is 0 Å². The largest absolute Gasteiger partial charge is 0.461 e. The zero-order valence-electron chi connectivity index (χ0n) is 13.4. The molecule has 1 saturated heterocycles. The van der Waals surface area contributed by atoms with Gasteiger partial charge in [-0.05, 0) is 42.0 Å². The van der Waals surface area contributed by atoms with Crippen molar-refractivity contribution < 1.29 is 14.6 Å². The van der Waals surface area contributed by atoms with E-state index in [2.05, 4.69) is 42.5 Å². The van der Waals surface area contributed by atoms with Crippen molar-refractivity contribution in [3.8, 4) is 0 Å². The van der Waals surface area contributed by atoms with Gasteiger partial charge >= 0.3 is 5.97 Å². The molecule has 1 aliphatic heterocycles. The van der Waals surface area contributed by atoms with Gasteiger partial charge in [0.05, 0.1) is 6.61 Å². The number of aryl methyl sites for hydroxylation is 1. The number of benzene rings is 2. The van der Waals surface area contributed by atoms with Crippen molar-refractivity contribution in [2.24, 2.45) is 5.92 Å². The molecule has 3 nitrogen and oxygen atoms in total. The summed E-state index contributed by atoms with van der Waals surface area (Å²) in [6, 6.07) is 15.1. The molecule has 0 amide bonds. The number of hydrogen-bond donors (Lipinski definition) is 1. The highest BCUT2D eigenvalue weighted by Crippen LogP contribution is 2.27. The van der Waals surface area contributed by atoms with Crippen LogP contribution in [0.25, 0.3) is 10.8 Å². The zero-order valence-corrected chi connectivity index (χ0v) is 13.4. The van der Waals surface area contributed by atoms with Crippen LogP contribution in [0.2, 0.25) is 0 Å². The molecule has 0 radical (unpaired) electrons. The number of fused-ring (bicyclic) bond motifs is 1. The molecular weight excluding hydrogens is 288 g/mol. The minimum Gasteiger partial charge on any atom is -0.461 e. The van der Waals surface area contributed by atoms with Crippen LogP contribution in [0, 0.1) is 5.92 Å². The molecular formula is C20H24O3. The molecule has 1 aliphatic rings. The summed E-state index contributed by atoms with van der Waals surface area (Å²) in [5.74, 6) is -0.515. The third-order valence-electron chi connectivity index (χ3n) is 4.78. The first kappa shape index (κ1) is 16.0. The van der Waals surface area contributed by atoms with Gasteiger partial charge in [0.2, 0.25) is 0 Å². The fourth-order valence-electron chi connectivity index (χ4n) is 3.38. The van der Waals surface area contributed by atoms with Crippen LogP contribution in [0.5, 0.6) is 0 Å². The fraction of sp³-hybridized carbons (Fsp3) is 0.450. The Morgan fingerprint density at radius 2 is 1.74 bits per heavy atom. The van der Waals surface area contributed by atoms with Gasteiger partial charge in [-0.2, -0.15) is 0 Å². The summed E-state index contributed by atoms with van der Waals surface area (Å²) >= 11 is 0. The lowest BCUT2D eigenvalue weighted by atomic mass is 9.92. The molecule has 1 N–H and O–H groups in total. The number of carbonyl (C=O) groups is 1. The van der Waals surface area contributed by atoms with Gasteiger partial charge in [-0.3, -0.25) is 4.79 Å². The molecule has 122 valence electrons. The molecule has 3 heteroatoms. The van der Waals surface area contributed by atoms with E-state index in [0.717, 1.165) is 25.7 Å². The maximum absolute atomic E-state index is 11.1. The van der Waals surface area contributed by atoms with Crippen molar-refractivity contribution in [2.75, 3.05) is 6.61 Å². The Morgan fingerprint density at radius 1 is 0.957 bits per heavy atom. The molecule has 2 atom stereocenters. The summed E-state index contributed by atoms with van der Waals surface area (Å²) in [6.45, 7) is -0.0788. The summed E-state index contributed by atoms with van der Waals surface area (Å²) in [6.07, 6.45) is 6.52. The molecule has 0 aliphatic carbocycles. The monoisotopic (exact) mass is 312 g/mol. The second-order valence-corrected chi connectivity index (χ2v) is 6.36. The van der Waals surface area contributed by atoms with Crippen LogP contribution in [0.3, 0.4) is 0 Å². The van der Waals surface area contributed by atoms with Crippen molar-refractivity contribution >= 4 is 16.7 Å². The summed E-state index contributed by atoms with van der Waals surface area (Å²) in [5.41, 5.74) is 1.43. The Balaban J connectivity index is 1.38. The Morgan fingerprint density at radius 3 is 2.57 bits per heavy atom. The van der Waals surface area contributed by atoms with Gasteiger partial charge in [-0.15, -0.1) is 0 Å². The number of carbonyl (C=O) groups excluding carboxylic acids is 1. The van der Waals surface area contributed by atoms with E-state index >= 15 is 0 Å². The topological polar surface area (TPSA) is 46.5 Å². The van der Waals surface area contributed by atoms with Crippen molar-refractivity contribution in [3.05, 3.63) is 48.0 Å². The summed E-state index contributed by atoms with van der Waals surface area (Å²) in [4.78, 5) is 11.1. The minimum atomic E-state index is -0.273. The van der Waals surface area contributed by atoms with Crippen LogP contribution in [-0.4, -0.2) is 23.8 Å². The van der Waals surface area contributed by atoms with Crippen LogP contribution in [0.15, 0.2) is 42.5 Å². The van der Waals surface area contributed by atoms with Gasteiger partial charge in [0.1, 0.15) is 12.0 Å². The molecule has 1 fully saturated rings. The molecule has 3 rings (SSSR count). The van der Waals surface area contributed by atoms with Crippen LogP contribution >= 0.6 is 0 Å². The number of unbranched alkanes of at least 4 members (excludes halogenated alkanes) is 3. The predicted molar refractivity (Wildman–Crippen MR) is 91.2 cm³/mol. The molecule has 0 saturated carbocycles. The number of ether oxygens (including phenoxy) is 1. The summed E-state index contributed by atoms with van der Waals surface area (Å²) < 4.78 is 5.07. The van der Waals surface area contributed by atoms with E-state index in [4.69, 9.17) is 9.84 Å². The highest BCUT2D eigenvalue weighted by atomic mass is 16.6. The van der Waals surface area contributed by atoms with Gasteiger partial charge in [-0.1, -0.05) is 55.3 Å². The second kappa shape index (κ2) is 7.60. The lowest BCUT2D eigenvalue weighted by Gasteiger charge is -2.33. The Hall–Kier alpha value is -1.87. The van der Waals surface area contributed by atoms with Gasteiger partial charge in [-0.25, -0.2) is 0 Å². The average molecular weight is 312 g/mol. The lowest BCUT2D eigenvalue weighted by Crippen LogP contribution is -2.47. The van der Waals surface area contributed by atoms with Gasteiger partial charge in [0.15, 0.2) is 0 Å². The van der Waals surface area contributed by atoms with Crippen LogP contribution < -0.4 is 0 Å². The van der Waals surface area contributed by atoms with Crippen molar-refractivity contribution in [2.45, 2.75) is 44.6 Å². The number of esters is 1. The van der Waals surface area contributed by atoms with E-state index in [1.807, 2.05) is 0 Å².